The molecule has 0 fully saturated rings. The number of nitrogens with zero attached hydrogens (tertiary/aromatic N) is 2. The van der Waals surface area contributed by atoms with Gasteiger partial charge in [-0.25, -0.2) is 4.99 Å². The molecule has 0 saturated heterocycles. The molecule has 5 nitrogen and oxygen atoms in total. The Kier molecular flexibility index (Phi) is 11.0. The fraction of sp³-hybridized carbons (Fsp3) is 0.562. The highest BCUT2D eigenvalue weighted by Crippen LogP contribution is 2.21. The van der Waals surface area contributed by atoms with Gasteiger partial charge in [-0.15, -0.1) is 24.0 Å². The molecule has 0 spiro atoms. The van der Waals surface area contributed by atoms with Gasteiger partial charge in [0.05, 0.1) is 13.2 Å². The van der Waals surface area contributed by atoms with Crippen molar-refractivity contribution >= 4 is 29.9 Å². The third-order valence-corrected chi connectivity index (χ3v) is 2.93. The van der Waals surface area contributed by atoms with Crippen LogP contribution >= 0.6 is 24.0 Å². The topological polar surface area (TPSA) is 46.1 Å². The second-order valence-electron chi connectivity index (χ2n) is 5.02. The molecule has 1 N–H and O–H groups in total. The molecule has 22 heavy (non-hydrogen) atoms. The first-order valence-electron chi connectivity index (χ1n) is 7.25. The van der Waals surface area contributed by atoms with Crippen molar-refractivity contribution in [1.29, 1.82) is 0 Å². The minimum Gasteiger partial charge on any atom is -0.491 e. The molecule has 1 aromatic rings. The molecule has 0 bridgehead atoms. The molecule has 0 amide bonds. The van der Waals surface area contributed by atoms with Crippen LogP contribution in [0.15, 0.2) is 23.2 Å². The van der Waals surface area contributed by atoms with E-state index in [9.17, 15) is 0 Å². The van der Waals surface area contributed by atoms with Crippen molar-refractivity contribution in [3.63, 3.8) is 0 Å². The monoisotopic (exact) mass is 421 g/mol. The zero-order valence-electron chi connectivity index (χ0n) is 14.2. The summed E-state index contributed by atoms with van der Waals surface area (Å²) in [4.78, 5) is 6.60. The number of halogens is 1. The Bertz CT molecular complexity index is 465. The van der Waals surface area contributed by atoms with Gasteiger partial charge in [-0.2, -0.15) is 0 Å². The summed E-state index contributed by atoms with van der Waals surface area (Å²) in [7, 11) is 5.63. The summed E-state index contributed by atoms with van der Waals surface area (Å²) in [6, 6.07) is 6.19. The van der Waals surface area contributed by atoms with Crippen LogP contribution in [-0.2, 0) is 11.3 Å². The second kappa shape index (κ2) is 11.5. The Balaban J connectivity index is 0.00000441. The first-order chi connectivity index (χ1) is 10.1. The van der Waals surface area contributed by atoms with Gasteiger partial charge in [-0.1, -0.05) is 12.1 Å². The molecule has 0 aliphatic heterocycles. The standard InChI is InChI=1S/C16H27N3O2.HI/c1-6-17-16(19(3)4)18-12-14-8-7-13(2)11-15(14)21-10-9-20-5;/h7-8,11H,6,9-10,12H2,1-5H3,(H,17,18);1H. The van der Waals surface area contributed by atoms with E-state index in [1.807, 2.05) is 25.1 Å². The van der Waals surface area contributed by atoms with Gasteiger partial charge in [-0.05, 0) is 25.5 Å². The van der Waals surface area contributed by atoms with Crippen LogP contribution < -0.4 is 10.1 Å². The number of benzene rings is 1. The number of hydrogen-bond acceptors (Lipinski definition) is 3. The predicted molar refractivity (Wildman–Crippen MR) is 102 cm³/mol. The molecular formula is C16H28IN3O2. The van der Waals surface area contributed by atoms with E-state index in [2.05, 4.69) is 36.3 Å². The van der Waals surface area contributed by atoms with Crippen LogP contribution in [0.2, 0.25) is 0 Å². The van der Waals surface area contributed by atoms with Gasteiger partial charge in [0.15, 0.2) is 5.96 Å². The van der Waals surface area contributed by atoms with Gasteiger partial charge in [0.1, 0.15) is 12.4 Å². The van der Waals surface area contributed by atoms with Crippen molar-refractivity contribution < 1.29 is 9.47 Å². The summed E-state index contributed by atoms with van der Waals surface area (Å²) >= 11 is 0. The van der Waals surface area contributed by atoms with Crippen LogP contribution in [-0.4, -0.2) is 51.8 Å². The molecule has 0 atom stereocenters. The molecule has 6 heteroatoms. The number of methoxy groups -OCH3 is 1. The highest BCUT2D eigenvalue weighted by Gasteiger charge is 2.06. The van der Waals surface area contributed by atoms with E-state index in [1.165, 1.54) is 5.56 Å². The van der Waals surface area contributed by atoms with Crippen molar-refractivity contribution in [2.45, 2.75) is 20.4 Å². The van der Waals surface area contributed by atoms with Crippen LogP contribution in [0.25, 0.3) is 0 Å². The van der Waals surface area contributed by atoms with Gasteiger partial charge < -0.3 is 19.7 Å². The van der Waals surface area contributed by atoms with Crippen LogP contribution in [0.1, 0.15) is 18.1 Å². The van der Waals surface area contributed by atoms with Gasteiger partial charge in [0.2, 0.25) is 0 Å². The summed E-state index contributed by atoms with van der Waals surface area (Å²) in [6.45, 7) is 6.68. The lowest BCUT2D eigenvalue weighted by Gasteiger charge is -2.17. The number of aliphatic imine (C=N–C) groups is 1. The normalized spacial score (nSPS) is 10.9. The number of ether oxygens (including phenoxy) is 2. The molecule has 1 rings (SSSR count). The number of rotatable bonds is 7. The minimum absolute atomic E-state index is 0. The Labute approximate surface area is 151 Å². The minimum atomic E-state index is 0. The van der Waals surface area contributed by atoms with Crippen molar-refractivity contribution in [3.05, 3.63) is 29.3 Å². The average Bonchev–Trinajstić information content (AvgIpc) is 2.45. The lowest BCUT2D eigenvalue weighted by atomic mass is 10.1. The Morgan fingerprint density at radius 1 is 1.27 bits per heavy atom. The fourth-order valence-electron chi connectivity index (χ4n) is 1.84. The summed E-state index contributed by atoms with van der Waals surface area (Å²) in [5.41, 5.74) is 2.25. The predicted octanol–water partition coefficient (Wildman–Crippen LogP) is 2.67. The zero-order chi connectivity index (χ0) is 15.7. The van der Waals surface area contributed by atoms with E-state index in [4.69, 9.17) is 9.47 Å². The first kappa shape index (κ1) is 21.0. The van der Waals surface area contributed by atoms with E-state index < -0.39 is 0 Å². The lowest BCUT2D eigenvalue weighted by Crippen LogP contribution is -2.36. The van der Waals surface area contributed by atoms with Gasteiger partial charge >= 0.3 is 0 Å². The molecule has 0 aliphatic rings. The number of guanidine groups is 1. The third-order valence-electron chi connectivity index (χ3n) is 2.93. The van der Waals surface area contributed by atoms with E-state index in [0.29, 0.717) is 19.8 Å². The van der Waals surface area contributed by atoms with Crippen molar-refractivity contribution in [2.24, 2.45) is 4.99 Å². The first-order valence-corrected chi connectivity index (χ1v) is 7.25. The Morgan fingerprint density at radius 3 is 2.59 bits per heavy atom. The molecular weight excluding hydrogens is 393 g/mol. The SMILES string of the molecule is CCNC(=NCc1ccc(C)cc1OCCOC)N(C)C.I. The quantitative estimate of drug-likeness (QED) is 0.318. The van der Waals surface area contributed by atoms with Crippen molar-refractivity contribution in [3.8, 4) is 5.75 Å². The van der Waals surface area contributed by atoms with E-state index >= 15 is 0 Å². The van der Waals surface area contributed by atoms with Gasteiger partial charge in [0.25, 0.3) is 0 Å². The Morgan fingerprint density at radius 2 is 2.00 bits per heavy atom. The highest BCUT2D eigenvalue weighted by atomic mass is 127. The molecule has 0 radical (unpaired) electrons. The molecule has 126 valence electrons. The van der Waals surface area contributed by atoms with Crippen LogP contribution in [0.3, 0.4) is 0 Å². The largest absolute Gasteiger partial charge is 0.491 e. The maximum atomic E-state index is 5.78. The Hall–Kier alpha value is -1.02. The number of aryl methyl sites for hydroxylation is 1. The molecule has 0 saturated carbocycles. The molecule has 0 heterocycles. The van der Waals surface area contributed by atoms with E-state index in [-0.39, 0.29) is 24.0 Å². The lowest BCUT2D eigenvalue weighted by molar-refractivity contribution is 0.145. The van der Waals surface area contributed by atoms with Crippen molar-refractivity contribution in [1.82, 2.24) is 10.2 Å². The summed E-state index contributed by atoms with van der Waals surface area (Å²) in [5, 5.41) is 3.25. The summed E-state index contributed by atoms with van der Waals surface area (Å²) < 4.78 is 10.8. The molecule has 0 aromatic heterocycles. The van der Waals surface area contributed by atoms with Crippen LogP contribution in [0.5, 0.6) is 5.75 Å². The smallest absolute Gasteiger partial charge is 0.193 e. The van der Waals surface area contributed by atoms with Gasteiger partial charge in [0, 0.05) is 33.3 Å². The zero-order valence-corrected chi connectivity index (χ0v) is 16.5. The number of nitrogens with one attached hydrogen (secondary N) is 1. The molecule has 0 unspecified atom stereocenters. The maximum Gasteiger partial charge on any atom is 0.193 e. The van der Waals surface area contributed by atoms with E-state index in [0.717, 1.165) is 23.8 Å². The molecule has 0 aliphatic carbocycles. The fourth-order valence-corrected chi connectivity index (χ4v) is 1.84. The van der Waals surface area contributed by atoms with Crippen LogP contribution in [0, 0.1) is 6.92 Å². The second-order valence-corrected chi connectivity index (χ2v) is 5.02. The number of hydrogen-bond donors (Lipinski definition) is 1. The van der Waals surface area contributed by atoms with Crippen LogP contribution in [0.4, 0.5) is 0 Å². The highest BCUT2D eigenvalue weighted by molar-refractivity contribution is 14.0. The third kappa shape index (κ3) is 7.31. The van der Waals surface area contributed by atoms with E-state index in [1.54, 1.807) is 7.11 Å². The van der Waals surface area contributed by atoms with Crippen molar-refractivity contribution in [2.75, 3.05) is 41.0 Å². The summed E-state index contributed by atoms with van der Waals surface area (Å²) in [6.07, 6.45) is 0. The average molecular weight is 421 g/mol. The maximum absolute atomic E-state index is 5.78. The summed E-state index contributed by atoms with van der Waals surface area (Å²) in [5.74, 6) is 1.76. The van der Waals surface area contributed by atoms with Gasteiger partial charge in [-0.3, -0.25) is 0 Å². The molecule has 1 aromatic carbocycles.